The van der Waals surface area contributed by atoms with Crippen LogP contribution in [0.4, 0.5) is 23.2 Å². The molecular formula is C26H22F4N2O. The third-order valence-corrected chi connectivity index (χ3v) is 5.34. The van der Waals surface area contributed by atoms with Crippen molar-refractivity contribution in [1.82, 2.24) is 0 Å². The van der Waals surface area contributed by atoms with E-state index >= 15 is 8.78 Å². The van der Waals surface area contributed by atoms with Gasteiger partial charge in [-0.2, -0.15) is 0 Å². The Hall–Kier alpha value is -3.61. The number of aliphatic imine (C=N–C) groups is 1. The van der Waals surface area contributed by atoms with Crippen LogP contribution in [0.2, 0.25) is 0 Å². The molecule has 7 heteroatoms. The lowest BCUT2D eigenvalue weighted by molar-refractivity contribution is 0.476. The molecule has 0 aliphatic carbocycles. The van der Waals surface area contributed by atoms with Gasteiger partial charge in [-0.15, -0.1) is 0 Å². The maximum absolute atomic E-state index is 15.2. The molecule has 1 N–H and O–H groups in total. The summed E-state index contributed by atoms with van der Waals surface area (Å²) < 4.78 is 63.8. The molecule has 0 saturated heterocycles. The van der Waals surface area contributed by atoms with Crippen molar-refractivity contribution in [2.75, 3.05) is 5.32 Å². The quantitative estimate of drug-likeness (QED) is 0.401. The number of hydrogen-bond acceptors (Lipinski definition) is 3. The second-order valence-electron chi connectivity index (χ2n) is 8.16. The van der Waals surface area contributed by atoms with Crippen molar-refractivity contribution in [3.63, 3.8) is 0 Å². The third-order valence-electron chi connectivity index (χ3n) is 5.34. The molecule has 170 valence electrons. The van der Waals surface area contributed by atoms with Crippen molar-refractivity contribution in [2.24, 2.45) is 10.9 Å². The van der Waals surface area contributed by atoms with Gasteiger partial charge in [0.2, 0.25) is 5.90 Å². The molecule has 0 aromatic heterocycles. The third kappa shape index (κ3) is 4.62. The number of benzene rings is 3. The van der Waals surface area contributed by atoms with Gasteiger partial charge in [0.05, 0.1) is 0 Å². The average Bonchev–Trinajstić information content (AvgIpc) is 2.73. The standard InChI is InChI=1S/C26H22F4N2O/c1-14(2)20-13-32-26(20)33-22-8-7-21(28)25(24(22)30)31-12-17-9-15(3)10-19(23(17)29)16-5-4-6-18(27)11-16/h4-11,13-14,31H,12H2,1-3H3. The first-order chi connectivity index (χ1) is 15.7. The van der Waals surface area contributed by atoms with Gasteiger partial charge in [-0.1, -0.05) is 32.0 Å². The highest BCUT2D eigenvalue weighted by molar-refractivity contribution is 6.00. The maximum Gasteiger partial charge on any atom is 0.224 e. The summed E-state index contributed by atoms with van der Waals surface area (Å²) in [6.45, 7) is 5.48. The van der Waals surface area contributed by atoms with E-state index in [1.54, 1.807) is 31.3 Å². The Labute approximate surface area is 189 Å². The van der Waals surface area contributed by atoms with E-state index in [0.717, 1.165) is 17.2 Å². The number of rotatable bonds is 6. The van der Waals surface area contributed by atoms with Gasteiger partial charge in [0.25, 0.3) is 0 Å². The highest BCUT2D eigenvalue weighted by Gasteiger charge is 2.23. The van der Waals surface area contributed by atoms with E-state index < -0.39 is 29.0 Å². The molecule has 1 aliphatic rings. The van der Waals surface area contributed by atoms with Crippen LogP contribution in [0, 0.1) is 36.1 Å². The van der Waals surface area contributed by atoms with E-state index in [-0.39, 0.29) is 35.2 Å². The lowest BCUT2D eigenvalue weighted by atomic mass is 9.99. The lowest BCUT2D eigenvalue weighted by Gasteiger charge is -2.20. The zero-order valence-corrected chi connectivity index (χ0v) is 18.3. The molecule has 3 nitrogen and oxygen atoms in total. The molecule has 0 unspecified atom stereocenters. The molecule has 1 aliphatic heterocycles. The second kappa shape index (κ2) is 9.10. The Morgan fingerprint density at radius 1 is 0.970 bits per heavy atom. The average molecular weight is 454 g/mol. The number of ether oxygens (including phenoxy) is 1. The van der Waals surface area contributed by atoms with Crippen molar-refractivity contribution in [3.8, 4) is 16.9 Å². The summed E-state index contributed by atoms with van der Waals surface area (Å²) in [4.78, 5) is 4.00. The Kier molecular flexibility index (Phi) is 6.22. The van der Waals surface area contributed by atoms with E-state index in [1.165, 1.54) is 24.3 Å². The Bertz CT molecular complexity index is 1280. The van der Waals surface area contributed by atoms with E-state index in [0.29, 0.717) is 5.56 Å². The van der Waals surface area contributed by atoms with Crippen LogP contribution in [-0.2, 0) is 6.54 Å². The highest BCUT2D eigenvalue weighted by Crippen LogP contribution is 2.32. The normalized spacial score (nSPS) is 12.8. The molecule has 0 bridgehead atoms. The van der Waals surface area contributed by atoms with E-state index in [9.17, 15) is 8.78 Å². The molecule has 0 fully saturated rings. The van der Waals surface area contributed by atoms with Gasteiger partial charge in [-0.25, -0.2) is 22.6 Å². The van der Waals surface area contributed by atoms with Gasteiger partial charge in [0, 0.05) is 29.4 Å². The zero-order chi connectivity index (χ0) is 23.7. The summed E-state index contributed by atoms with van der Waals surface area (Å²) in [5.74, 6) is -2.61. The van der Waals surface area contributed by atoms with Gasteiger partial charge in [0.15, 0.2) is 11.6 Å². The van der Waals surface area contributed by atoms with Crippen molar-refractivity contribution < 1.29 is 22.3 Å². The Balaban J connectivity index is 1.58. The van der Waals surface area contributed by atoms with Gasteiger partial charge in [0.1, 0.15) is 23.1 Å². The van der Waals surface area contributed by atoms with Gasteiger partial charge >= 0.3 is 0 Å². The molecule has 0 amide bonds. The number of nitrogens with zero attached hydrogens (tertiary/aromatic N) is 1. The Morgan fingerprint density at radius 2 is 1.76 bits per heavy atom. The van der Waals surface area contributed by atoms with Crippen molar-refractivity contribution >= 4 is 11.6 Å². The van der Waals surface area contributed by atoms with Crippen LogP contribution >= 0.6 is 0 Å². The number of nitrogens with one attached hydrogen (secondary N) is 1. The largest absolute Gasteiger partial charge is 0.436 e. The molecule has 0 atom stereocenters. The van der Waals surface area contributed by atoms with Crippen LogP contribution in [0.25, 0.3) is 11.1 Å². The predicted octanol–water partition coefficient (Wildman–Crippen LogP) is 7.16. The predicted molar refractivity (Wildman–Crippen MR) is 121 cm³/mol. The van der Waals surface area contributed by atoms with Crippen LogP contribution in [0.1, 0.15) is 25.0 Å². The summed E-state index contributed by atoms with van der Waals surface area (Å²) in [6, 6.07) is 11.0. The first-order valence-electron chi connectivity index (χ1n) is 10.5. The number of hydrogen-bond donors (Lipinski definition) is 1. The van der Waals surface area contributed by atoms with Crippen LogP contribution in [-0.4, -0.2) is 5.90 Å². The molecule has 1 heterocycles. The van der Waals surface area contributed by atoms with Crippen molar-refractivity contribution in [3.05, 3.63) is 94.7 Å². The highest BCUT2D eigenvalue weighted by atomic mass is 19.1. The monoisotopic (exact) mass is 454 g/mol. The van der Waals surface area contributed by atoms with Gasteiger partial charge in [-0.05, 0) is 54.3 Å². The SMILES string of the molecule is Cc1cc(CNc2c(F)ccc(OC3=NC=C3C(C)C)c2F)c(F)c(-c2cccc(F)c2)c1. The molecule has 0 saturated carbocycles. The number of aryl methyl sites for hydroxylation is 1. The Morgan fingerprint density at radius 3 is 2.42 bits per heavy atom. The summed E-state index contributed by atoms with van der Waals surface area (Å²) >= 11 is 0. The van der Waals surface area contributed by atoms with Gasteiger partial charge < -0.3 is 10.1 Å². The lowest BCUT2D eigenvalue weighted by Crippen LogP contribution is -2.21. The molecule has 3 aromatic carbocycles. The fraction of sp³-hybridized carbons (Fsp3) is 0.192. The van der Waals surface area contributed by atoms with Crippen LogP contribution in [0.5, 0.6) is 5.75 Å². The summed E-state index contributed by atoms with van der Waals surface area (Å²) in [5.41, 5.74) is 1.89. The molecule has 0 radical (unpaired) electrons. The first-order valence-corrected chi connectivity index (χ1v) is 10.5. The van der Waals surface area contributed by atoms with E-state index in [1.807, 2.05) is 13.8 Å². The molecule has 3 aromatic rings. The topological polar surface area (TPSA) is 33.6 Å². The van der Waals surface area contributed by atoms with Crippen LogP contribution in [0.3, 0.4) is 0 Å². The number of anilines is 1. The van der Waals surface area contributed by atoms with Crippen molar-refractivity contribution in [2.45, 2.75) is 27.3 Å². The van der Waals surface area contributed by atoms with E-state index in [4.69, 9.17) is 4.74 Å². The summed E-state index contributed by atoms with van der Waals surface area (Å²) in [5, 5.41) is 2.64. The fourth-order valence-electron chi connectivity index (χ4n) is 3.57. The summed E-state index contributed by atoms with van der Waals surface area (Å²) in [7, 11) is 0. The zero-order valence-electron chi connectivity index (χ0n) is 18.3. The van der Waals surface area contributed by atoms with Gasteiger partial charge in [-0.3, -0.25) is 0 Å². The first kappa shape index (κ1) is 22.6. The maximum atomic E-state index is 15.2. The van der Waals surface area contributed by atoms with E-state index in [2.05, 4.69) is 10.3 Å². The molecule has 4 rings (SSSR count). The smallest absolute Gasteiger partial charge is 0.224 e. The minimum absolute atomic E-state index is 0.148. The van der Waals surface area contributed by atoms with Crippen LogP contribution in [0.15, 0.2) is 65.3 Å². The summed E-state index contributed by atoms with van der Waals surface area (Å²) in [6.07, 6.45) is 1.64. The van der Waals surface area contributed by atoms with Crippen molar-refractivity contribution in [1.29, 1.82) is 0 Å². The fourth-order valence-corrected chi connectivity index (χ4v) is 3.57. The molecule has 33 heavy (non-hydrogen) atoms. The minimum Gasteiger partial charge on any atom is -0.436 e. The molecule has 0 spiro atoms. The second-order valence-corrected chi connectivity index (χ2v) is 8.16. The molecular weight excluding hydrogens is 432 g/mol. The van der Waals surface area contributed by atoms with Crippen LogP contribution < -0.4 is 10.1 Å². The minimum atomic E-state index is -0.939. The number of halogens is 4.